The first-order valence-corrected chi connectivity index (χ1v) is 8.32. The Labute approximate surface area is 129 Å². The highest BCUT2D eigenvalue weighted by molar-refractivity contribution is 7.89. The number of rotatable bonds is 4. The first kappa shape index (κ1) is 16.3. The zero-order valence-corrected chi connectivity index (χ0v) is 13.5. The normalized spacial score (nSPS) is 16.4. The average molecular weight is 325 g/mol. The van der Waals surface area contributed by atoms with Gasteiger partial charge in [-0.1, -0.05) is 12.1 Å². The Hall–Kier alpha value is -2.09. The number of carbonyl (C=O) groups excluding carboxylic acids is 1. The van der Waals surface area contributed by atoms with Crippen molar-refractivity contribution in [3.8, 4) is 5.75 Å². The third-order valence-corrected chi connectivity index (χ3v) is 4.52. The van der Waals surface area contributed by atoms with Gasteiger partial charge in [-0.05, 0) is 25.5 Å². The lowest BCUT2D eigenvalue weighted by atomic mass is 9.93. The van der Waals surface area contributed by atoms with Crippen LogP contribution >= 0.6 is 0 Å². The van der Waals surface area contributed by atoms with Crippen molar-refractivity contribution in [2.24, 2.45) is 15.5 Å². The number of carbonyl (C=O) groups is 1. The van der Waals surface area contributed by atoms with Gasteiger partial charge in [-0.3, -0.25) is 4.79 Å². The minimum absolute atomic E-state index is 0.0883. The fraction of sp³-hybridized carbons (Fsp3) is 0.429. The summed E-state index contributed by atoms with van der Waals surface area (Å²) in [6.45, 7) is 3.63. The number of nitrogens with two attached hydrogens (primary N) is 1. The Bertz CT molecular complexity index is 738. The number of hydrogen-bond donors (Lipinski definition) is 2. The summed E-state index contributed by atoms with van der Waals surface area (Å²) in [5.74, 6) is -0.0271. The average Bonchev–Trinajstić information content (AvgIpc) is 2.42. The maximum absolute atomic E-state index is 11.8. The van der Waals surface area contributed by atoms with Gasteiger partial charge in [0.05, 0.1) is 16.7 Å². The lowest BCUT2D eigenvalue weighted by molar-refractivity contribution is -0.130. The summed E-state index contributed by atoms with van der Waals surface area (Å²) in [5, 5.41) is 2.58. The van der Waals surface area contributed by atoms with Gasteiger partial charge in [0.2, 0.25) is 5.91 Å². The van der Waals surface area contributed by atoms with Crippen LogP contribution in [-0.2, 0) is 20.6 Å². The fourth-order valence-electron chi connectivity index (χ4n) is 2.19. The standard InChI is InChI=1S/C14H19N3O4S/c1-14(2,13(18)16-3)8-21-10-6-4-5-9-7-22(19,20)17-12(15)11(9)10/h4-6H,7-8H2,1-3H3,(H2,15,17)(H,16,18). The zero-order chi connectivity index (χ0) is 16.5. The molecule has 1 heterocycles. The van der Waals surface area contributed by atoms with Crippen LogP contribution in [0.25, 0.3) is 0 Å². The molecule has 7 nitrogen and oxygen atoms in total. The highest BCUT2D eigenvalue weighted by Gasteiger charge is 2.30. The number of ether oxygens (including phenoxy) is 1. The van der Waals surface area contributed by atoms with E-state index < -0.39 is 15.4 Å². The summed E-state index contributed by atoms with van der Waals surface area (Å²) < 4.78 is 32.5. The number of amides is 1. The van der Waals surface area contributed by atoms with Crippen molar-refractivity contribution < 1.29 is 17.9 Å². The molecule has 0 saturated carbocycles. The fourth-order valence-corrected chi connectivity index (χ4v) is 3.28. The van der Waals surface area contributed by atoms with Crippen molar-refractivity contribution >= 4 is 21.8 Å². The molecule has 120 valence electrons. The number of sulfonamides is 1. The van der Waals surface area contributed by atoms with Crippen molar-refractivity contribution in [1.29, 1.82) is 0 Å². The van der Waals surface area contributed by atoms with Crippen molar-refractivity contribution in [2.75, 3.05) is 13.7 Å². The van der Waals surface area contributed by atoms with Crippen LogP contribution in [-0.4, -0.2) is 33.8 Å². The lowest BCUT2D eigenvalue weighted by Crippen LogP contribution is -2.39. The van der Waals surface area contributed by atoms with Gasteiger partial charge in [0.15, 0.2) is 0 Å². The first-order valence-electron chi connectivity index (χ1n) is 6.71. The summed E-state index contributed by atoms with van der Waals surface area (Å²) >= 11 is 0. The van der Waals surface area contributed by atoms with Crippen LogP contribution in [0.3, 0.4) is 0 Å². The van der Waals surface area contributed by atoms with E-state index in [1.165, 1.54) is 0 Å². The van der Waals surface area contributed by atoms with E-state index >= 15 is 0 Å². The highest BCUT2D eigenvalue weighted by atomic mass is 32.2. The van der Waals surface area contributed by atoms with E-state index in [0.717, 1.165) is 0 Å². The first-order chi connectivity index (χ1) is 10.2. The molecule has 0 atom stereocenters. The van der Waals surface area contributed by atoms with Crippen molar-refractivity contribution in [3.05, 3.63) is 29.3 Å². The van der Waals surface area contributed by atoms with E-state index in [2.05, 4.69) is 9.71 Å². The molecule has 1 aliphatic heterocycles. The molecule has 0 fully saturated rings. The summed E-state index contributed by atoms with van der Waals surface area (Å²) in [7, 11) is -2.02. The van der Waals surface area contributed by atoms with Crippen LogP contribution in [0, 0.1) is 5.41 Å². The van der Waals surface area contributed by atoms with Crippen molar-refractivity contribution in [1.82, 2.24) is 5.32 Å². The monoisotopic (exact) mass is 325 g/mol. The van der Waals surface area contributed by atoms with Crippen LogP contribution in [0.15, 0.2) is 22.6 Å². The second-order valence-corrected chi connectivity index (χ2v) is 7.38. The molecular weight excluding hydrogens is 306 g/mol. The van der Waals surface area contributed by atoms with Gasteiger partial charge < -0.3 is 15.8 Å². The van der Waals surface area contributed by atoms with Gasteiger partial charge in [-0.2, -0.15) is 0 Å². The topological polar surface area (TPSA) is 111 Å². The van der Waals surface area contributed by atoms with Crippen molar-refractivity contribution in [2.45, 2.75) is 19.6 Å². The molecule has 2 rings (SSSR count). The van der Waals surface area contributed by atoms with E-state index in [1.807, 2.05) is 0 Å². The number of nitrogens with zero attached hydrogens (tertiary/aromatic N) is 1. The smallest absolute Gasteiger partial charge is 0.259 e. The molecule has 3 N–H and O–H groups in total. The predicted molar refractivity (Wildman–Crippen MR) is 83.1 cm³/mol. The van der Waals surface area contributed by atoms with Crippen molar-refractivity contribution in [3.63, 3.8) is 0 Å². The summed E-state index contributed by atoms with van der Waals surface area (Å²) in [4.78, 5) is 11.8. The van der Waals surface area contributed by atoms with Gasteiger partial charge >= 0.3 is 0 Å². The molecule has 0 spiro atoms. The summed E-state index contributed by atoms with van der Waals surface area (Å²) in [5.41, 5.74) is 6.05. The Kier molecular flexibility index (Phi) is 4.15. The van der Waals surface area contributed by atoms with Gasteiger partial charge in [-0.25, -0.2) is 8.42 Å². The van der Waals surface area contributed by atoms with Gasteiger partial charge in [0.1, 0.15) is 18.2 Å². The highest BCUT2D eigenvalue weighted by Crippen LogP contribution is 2.29. The molecule has 0 unspecified atom stereocenters. The predicted octanol–water partition coefficient (Wildman–Crippen LogP) is 0.386. The molecule has 0 radical (unpaired) electrons. The minimum atomic E-state index is -3.58. The molecule has 22 heavy (non-hydrogen) atoms. The van der Waals surface area contributed by atoms with Gasteiger partial charge in [-0.15, -0.1) is 4.40 Å². The lowest BCUT2D eigenvalue weighted by Gasteiger charge is -2.24. The molecule has 0 saturated heterocycles. The largest absolute Gasteiger partial charge is 0.492 e. The molecule has 1 amide bonds. The molecule has 1 aromatic rings. The second kappa shape index (κ2) is 5.60. The summed E-state index contributed by atoms with van der Waals surface area (Å²) in [6, 6.07) is 5.04. The van der Waals surface area contributed by atoms with E-state index in [0.29, 0.717) is 16.9 Å². The third-order valence-electron chi connectivity index (χ3n) is 3.37. The maximum Gasteiger partial charge on any atom is 0.259 e. The number of benzene rings is 1. The quantitative estimate of drug-likeness (QED) is 0.832. The van der Waals surface area contributed by atoms with Gasteiger partial charge in [0.25, 0.3) is 10.0 Å². The maximum atomic E-state index is 11.8. The number of hydrogen-bond acceptors (Lipinski definition) is 5. The molecule has 8 heteroatoms. The molecule has 0 aromatic heterocycles. The zero-order valence-electron chi connectivity index (χ0n) is 12.7. The van der Waals surface area contributed by atoms with Crippen LogP contribution < -0.4 is 15.8 Å². The van der Waals surface area contributed by atoms with E-state index in [4.69, 9.17) is 10.5 Å². The minimum Gasteiger partial charge on any atom is -0.492 e. The van der Waals surface area contributed by atoms with Crippen LogP contribution in [0.1, 0.15) is 25.0 Å². The molecule has 1 aliphatic rings. The summed E-state index contributed by atoms with van der Waals surface area (Å²) in [6.07, 6.45) is 0. The Morgan fingerprint density at radius 2 is 2.14 bits per heavy atom. The Balaban J connectivity index is 2.31. The van der Waals surface area contributed by atoms with Crippen LogP contribution in [0.2, 0.25) is 0 Å². The van der Waals surface area contributed by atoms with Gasteiger partial charge in [0, 0.05) is 7.05 Å². The van der Waals surface area contributed by atoms with Crippen LogP contribution in [0.4, 0.5) is 0 Å². The van der Waals surface area contributed by atoms with E-state index in [9.17, 15) is 13.2 Å². The van der Waals surface area contributed by atoms with E-state index in [1.54, 1.807) is 39.1 Å². The van der Waals surface area contributed by atoms with E-state index in [-0.39, 0.29) is 24.1 Å². The number of amidine groups is 1. The Morgan fingerprint density at radius 1 is 1.45 bits per heavy atom. The number of fused-ring (bicyclic) bond motifs is 1. The molecular formula is C14H19N3O4S. The SMILES string of the molecule is CNC(=O)C(C)(C)COc1cccc2c1C(N)=NS(=O)(=O)C2. The molecule has 0 bridgehead atoms. The molecule has 1 aromatic carbocycles. The second-order valence-electron chi connectivity index (χ2n) is 5.74. The number of nitrogens with one attached hydrogen (secondary N) is 1. The third kappa shape index (κ3) is 3.22. The Morgan fingerprint density at radius 3 is 2.77 bits per heavy atom. The molecule has 0 aliphatic carbocycles. The van der Waals surface area contributed by atoms with Crippen LogP contribution in [0.5, 0.6) is 5.75 Å².